The zero-order valence-corrected chi connectivity index (χ0v) is 20.8. The smallest absolute Gasteiger partial charge is 0.227 e. The number of amides is 1. The van der Waals surface area contributed by atoms with E-state index in [0.717, 1.165) is 63.5 Å². The Bertz CT molecular complexity index is 992. The number of anilines is 2. The zero-order valence-electron chi connectivity index (χ0n) is 20.8. The monoisotopic (exact) mass is 462 g/mol. The lowest BCUT2D eigenvalue weighted by Gasteiger charge is -2.38. The van der Waals surface area contributed by atoms with E-state index in [1.54, 1.807) is 7.11 Å². The van der Waals surface area contributed by atoms with E-state index in [1.807, 2.05) is 4.90 Å². The summed E-state index contributed by atoms with van der Waals surface area (Å²) in [7, 11) is 3.93. The summed E-state index contributed by atoms with van der Waals surface area (Å²) < 4.78 is 5.69. The second-order valence-corrected chi connectivity index (χ2v) is 9.99. The van der Waals surface area contributed by atoms with Gasteiger partial charge in [-0.2, -0.15) is 0 Å². The number of piperidine rings is 1. The van der Waals surface area contributed by atoms with Crippen molar-refractivity contribution in [3.63, 3.8) is 0 Å². The molecule has 0 bridgehead atoms. The summed E-state index contributed by atoms with van der Waals surface area (Å²) in [6, 6.07) is 13.0. The van der Waals surface area contributed by atoms with Gasteiger partial charge < -0.3 is 24.3 Å². The Balaban J connectivity index is 1.29. The standard InChI is InChI=1S/C28H38N4O2/c1-29-16-18-31(19-17-29)26-10-11-27(34-2)24-12-15-32(21-25(24)26)28(33)20-22-6-8-23(9-7-22)30-13-4-3-5-14-30/h6-11H,3-5,12-21H2,1-2H3. The number of hydrogen-bond acceptors (Lipinski definition) is 5. The van der Waals surface area contributed by atoms with Gasteiger partial charge in [0.15, 0.2) is 0 Å². The number of carbonyl (C=O) groups is 1. The Morgan fingerprint density at radius 2 is 1.56 bits per heavy atom. The van der Waals surface area contributed by atoms with Gasteiger partial charge in [-0.1, -0.05) is 12.1 Å². The van der Waals surface area contributed by atoms with Crippen LogP contribution in [0.5, 0.6) is 5.75 Å². The molecule has 6 heteroatoms. The minimum Gasteiger partial charge on any atom is -0.496 e. The predicted molar refractivity (Wildman–Crippen MR) is 138 cm³/mol. The minimum absolute atomic E-state index is 0.212. The summed E-state index contributed by atoms with van der Waals surface area (Å²) in [5.41, 5.74) is 6.19. The molecule has 6 nitrogen and oxygen atoms in total. The Hall–Kier alpha value is -2.73. The van der Waals surface area contributed by atoms with Crippen LogP contribution in [-0.2, 0) is 24.2 Å². The van der Waals surface area contributed by atoms with Crippen LogP contribution in [0.2, 0.25) is 0 Å². The van der Waals surface area contributed by atoms with Crippen molar-refractivity contribution in [3.8, 4) is 5.75 Å². The first kappa shape index (κ1) is 23.0. The highest BCUT2D eigenvalue weighted by atomic mass is 16.5. The fourth-order valence-corrected chi connectivity index (χ4v) is 5.64. The average molecular weight is 463 g/mol. The summed E-state index contributed by atoms with van der Waals surface area (Å²) in [5, 5.41) is 0. The van der Waals surface area contributed by atoms with Crippen LogP contribution in [0.1, 0.15) is 36.0 Å². The van der Waals surface area contributed by atoms with Gasteiger partial charge in [-0.3, -0.25) is 4.79 Å². The molecule has 0 unspecified atom stereocenters. The number of nitrogens with zero attached hydrogens (tertiary/aromatic N) is 4. The number of methoxy groups -OCH3 is 1. The number of carbonyl (C=O) groups excluding carboxylic acids is 1. The average Bonchev–Trinajstić information content (AvgIpc) is 2.89. The van der Waals surface area contributed by atoms with E-state index in [1.165, 1.54) is 41.8 Å². The molecule has 0 N–H and O–H groups in total. The molecule has 0 aromatic heterocycles. The van der Waals surface area contributed by atoms with E-state index in [-0.39, 0.29) is 5.91 Å². The van der Waals surface area contributed by atoms with Crippen LogP contribution in [0.15, 0.2) is 36.4 Å². The predicted octanol–water partition coefficient (Wildman–Crippen LogP) is 3.56. The number of fused-ring (bicyclic) bond motifs is 1. The fourth-order valence-electron chi connectivity index (χ4n) is 5.64. The van der Waals surface area contributed by atoms with Gasteiger partial charge in [0.25, 0.3) is 0 Å². The Kier molecular flexibility index (Phi) is 6.95. The Morgan fingerprint density at radius 3 is 2.26 bits per heavy atom. The van der Waals surface area contributed by atoms with Crippen molar-refractivity contribution in [3.05, 3.63) is 53.1 Å². The molecule has 34 heavy (non-hydrogen) atoms. The van der Waals surface area contributed by atoms with Crippen LogP contribution in [0.4, 0.5) is 11.4 Å². The van der Waals surface area contributed by atoms with Gasteiger partial charge in [-0.25, -0.2) is 0 Å². The van der Waals surface area contributed by atoms with E-state index in [4.69, 9.17) is 4.74 Å². The van der Waals surface area contributed by atoms with Gasteiger partial charge in [-0.15, -0.1) is 0 Å². The second-order valence-electron chi connectivity index (χ2n) is 9.99. The number of ether oxygens (including phenoxy) is 1. The normalized spacial score (nSPS) is 19.2. The second kappa shape index (κ2) is 10.3. The van der Waals surface area contributed by atoms with Crippen LogP contribution in [0.25, 0.3) is 0 Å². The SMILES string of the molecule is COc1ccc(N2CCN(C)CC2)c2c1CCN(C(=O)Cc1ccc(N3CCCCC3)cc1)C2. The highest BCUT2D eigenvalue weighted by Crippen LogP contribution is 2.36. The van der Waals surface area contributed by atoms with E-state index in [0.29, 0.717) is 13.0 Å². The van der Waals surface area contributed by atoms with Crippen LogP contribution in [-0.4, -0.2) is 75.7 Å². The van der Waals surface area contributed by atoms with Crippen molar-refractivity contribution in [1.29, 1.82) is 0 Å². The van der Waals surface area contributed by atoms with Gasteiger partial charge in [0.1, 0.15) is 5.75 Å². The first-order chi connectivity index (χ1) is 16.6. The lowest BCUT2D eigenvalue weighted by molar-refractivity contribution is -0.131. The maximum Gasteiger partial charge on any atom is 0.227 e. The topological polar surface area (TPSA) is 39.3 Å². The molecule has 182 valence electrons. The lowest BCUT2D eigenvalue weighted by Crippen LogP contribution is -2.45. The highest BCUT2D eigenvalue weighted by Gasteiger charge is 2.28. The van der Waals surface area contributed by atoms with E-state index >= 15 is 0 Å². The number of piperazine rings is 1. The van der Waals surface area contributed by atoms with Gasteiger partial charge in [0.05, 0.1) is 13.5 Å². The zero-order chi connectivity index (χ0) is 23.5. The number of rotatable bonds is 5. The van der Waals surface area contributed by atoms with Crippen LogP contribution >= 0.6 is 0 Å². The molecular formula is C28H38N4O2. The first-order valence-corrected chi connectivity index (χ1v) is 12.9. The molecule has 0 saturated carbocycles. The molecule has 2 aromatic carbocycles. The van der Waals surface area contributed by atoms with Crippen molar-refractivity contribution in [1.82, 2.24) is 9.80 Å². The third-order valence-corrected chi connectivity index (χ3v) is 7.77. The summed E-state index contributed by atoms with van der Waals surface area (Å²) in [4.78, 5) is 22.7. The maximum absolute atomic E-state index is 13.3. The van der Waals surface area contributed by atoms with Crippen molar-refractivity contribution >= 4 is 17.3 Å². The van der Waals surface area contributed by atoms with Gasteiger partial charge in [-0.05, 0) is 62.6 Å². The fraction of sp³-hybridized carbons (Fsp3) is 0.536. The third-order valence-electron chi connectivity index (χ3n) is 7.77. The molecule has 3 aliphatic rings. The maximum atomic E-state index is 13.3. The molecule has 1 amide bonds. The van der Waals surface area contributed by atoms with E-state index in [2.05, 4.69) is 58.1 Å². The molecule has 5 rings (SSSR count). The Morgan fingerprint density at radius 1 is 0.824 bits per heavy atom. The number of likely N-dealkylation sites (N-methyl/N-ethyl adjacent to an activating group) is 1. The summed E-state index contributed by atoms with van der Waals surface area (Å²) >= 11 is 0. The molecular weight excluding hydrogens is 424 g/mol. The van der Waals surface area contributed by atoms with E-state index in [9.17, 15) is 4.79 Å². The van der Waals surface area contributed by atoms with Crippen molar-refractivity contribution < 1.29 is 9.53 Å². The minimum atomic E-state index is 0.212. The first-order valence-electron chi connectivity index (χ1n) is 12.9. The molecule has 0 atom stereocenters. The number of hydrogen-bond donors (Lipinski definition) is 0. The van der Waals surface area contributed by atoms with Crippen LogP contribution < -0.4 is 14.5 Å². The van der Waals surface area contributed by atoms with Crippen molar-refractivity contribution in [2.75, 3.05) is 69.8 Å². The van der Waals surface area contributed by atoms with Crippen molar-refractivity contribution in [2.24, 2.45) is 0 Å². The van der Waals surface area contributed by atoms with Crippen LogP contribution in [0, 0.1) is 0 Å². The molecule has 3 heterocycles. The van der Waals surface area contributed by atoms with Gasteiger partial charge in [0.2, 0.25) is 5.91 Å². The number of benzene rings is 2. The third kappa shape index (κ3) is 4.88. The molecule has 2 aromatic rings. The summed E-state index contributed by atoms with van der Waals surface area (Å²) in [6.07, 6.45) is 5.20. The summed E-state index contributed by atoms with van der Waals surface area (Å²) in [5.74, 6) is 1.16. The highest BCUT2D eigenvalue weighted by molar-refractivity contribution is 5.80. The molecule has 0 radical (unpaired) electrons. The lowest BCUT2D eigenvalue weighted by atomic mass is 9.95. The largest absolute Gasteiger partial charge is 0.496 e. The molecule has 0 aliphatic carbocycles. The van der Waals surface area contributed by atoms with E-state index < -0.39 is 0 Å². The molecule has 3 aliphatic heterocycles. The van der Waals surface area contributed by atoms with Gasteiger partial charge >= 0.3 is 0 Å². The van der Waals surface area contributed by atoms with Gasteiger partial charge in [0, 0.05) is 74.9 Å². The summed E-state index contributed by atoms with van der Waals surface area (Å²) in [6.45, 7) is 7.88. The molecule has 0 spiro atoms. The van der Waals surface area contributed by atoms with Crippen molar-refractivity contribution in [2.45, 2.75) is 38.6 Å². The van der Waals surface area contributed by atoms with Crippen LogP contribution in [0.3, 0.4) is 0 Å². The molecule has 2 saturated heterocycles. The quantitative estimate of drug-likeness (QED) is 0.679. The molecule has 2 fully saturated rings. The Labute approximate surface area is 204 Å².